The number of rotatable bonds is 2. The molecule has 2 aromatic rings. The maximum absolute atomic E-state index is 13.3. The molecule has 2 aromatic carbocycles. The van der Waals surface area contributed by atoms with Crippen molar-refractivity contribution in [3.63, 3.8) is 0 Å². The lowest BCUT2D eigenvalue weighted by Crippen LogP contribution is -2.01. The van der Waals surface area contributed by atoms with Gasteiger partial charge in [-0.05, 0) is 27.6 Å². The van der Waals surface area contributed by atoms with Gasteiger partial charge in [-0.15, -0.1) is 0 Å². The SMILES string of the molecule is OC(c1ccccc1)c1cccc(F)c1Br. The van der Waals surface area contributed by atoms with E-state index < -0.39 is 6.10 Å². The lowest BCUT2D eigenvalue weighted by Gasteiger charge is -2.13. The number of hydrogen-bond acceptors (Lipinski definition) is 1. The van der Waals surface area contributed by atoms with Gasteiger partial charge >= 0.3 is 0 Å². The van der Waals surface area contributed by atoms with Gasteiger partial charge in [0, 0.05) is 5.56 Å². The molecule has 0 aromatic heterocycles. The van der Waals surface area contributed by atoms with E-state index in [9.17, 15) is 9.50 Å². The van der Waals surface area contributed by atoms with Crippen LogP contribution < -0.4 is 0 Å². The Kier molecular flexibility index (Phi) is 3.36. The van der Waals surface area contributed by atoms with Crippen LogP contribution in [0.25, 0.3) is 0 Å². The van der Waals surface area contributed by atoms with Crippen molar-refractivity contribution in [2.24, 2.45) is 0 Å². The minimum absolute atomic E-state index is 0.311. The lowest BCUT2D eigenvalue weighted by molar-refractivity contribution is 0.219. The molecule has 0 fully saturated rings. The number of hydrogen-bond donors (Lipinski definition) is 1. The predicted molar refractivity (Wildman–Crippen MR) is 64.6 cm³/mol. The van der Waals surface area contributed by atoms with Crippen LogP contribution in [0.3, 0.4) is 0 Å². The summed E-state index contributed by atoms with van der Waals surface area (Å²) in [6.07, 6.45) is -0.814. The Balaban J connectivity index is 2.42. The average Bonchev–Trinajstić information content (AvgIpc) is 2.33. The van der Waals surface area contributed by atoms with Crippen molar-refractivity contribution in [1.82, 2.24) is 0 Å². The quantitative estimate of drug-likeness (QED) is 0.890. The zero-order chi connectivity index (χ0) is 11.5. The van der Waals surface area contributed by atoms with Gasteiger partial charge in [-0.25, -0.2) is 4.39 Å². The minimum atomic E-state index is -0.814. The van der Waals surface area contributed by atoms with Crippen molar-refractivity contribution < 1.29 is 9.50 Å². The summed E-state index contributed by atoms with van der Waals surface area (Å²) in [6, 6.07) is 13.8. The van der Waals surface area contributed by atoms with Crippen molar-refractivity contribution >= 4 is 15.9 Å². The Labute approximate surface area is 102 Å². The number of halogens is 2. The molecule has 16 heavy (non-hydrogen) atoms. The van der Waals surface area contributed by atoms with Gasteiger partial charge < -0.3 is 5.11 Å². The molecule has 0 aliphatic carbocycles. The fraction of sp³-hybridized carbons (Fsp3) is 0.0769. The van der Waals surface area contributed by atoms with Gasteiger partial charge in [0.15, 0.2) is 0 Å². The van der Waals surface area contributed by atoms with Gasteiger partial charge in [0.05, 0.1) is 4.47 Å². The molecule has 0 bridgehead atoms. The standard InChI is InChI=1S/C13H10BrFO/c14-12-10(7-4-8-11(12)15)13(16)9-5-2-1-3-6-9/h1-8,13,16H. The number of benzene rings is 2. The van der Waals surface area contributed by atoms with Crippen LogP contribution in [-0.2, 0) is 0 Å². The second-order valence-corrected chi connectivity index (χ2v) is 4.25. The second-order valence-electron chi connectivity index (χ2n) is 3.46. The highest BCUT2D eigenvalue weighted by Crippen LogP contribution is 2.29. The second kappa shape index (κ2) is 4.76. The van der Waals surface area contributed by atoms with E-state index in [4.69, 9.17) is 0 Å². The fourth-order valence-electron chi connectivity index (χ4n) is 1.55. The molecule has 1 atom stereocenters. The number of aliphatic hydroxyl groups excluding tert-OH is 1. The molecule has 0 aliphatic rings. The molecule has 0 amide bonds. The van der Waals surface area contributed by atoms with E-state index in [1.54, 1.807) is 12.1 Å². The summed E-state index contributed by atoms with van der Waals surface area (Å²) >= 11 is 3.14. The van der Waals surface area contributed by atoms with Crippen LogP contribution in [0.1, 0.15) is 17.2 Å². The van der Waals surface area contributed by atoms with Gasteiger partial charge in [-0.2, -0.15) is 0 Å². The normalized spacial score (nSPS) is 12.4. The summed E-state index contributed by atoms with van der Waals surface area (Å²) in [6.45, 7) is 0. The Bertz CT molecular complexity index is 485. The van der Waals surface area contributed by atoms with Gasteiger partial charge in [-0.3, -0.25) is 0 Å². The highest BCUT2D eigenvalue weighted by molar-refractivity contribution is 9.10. The van der Waals surface area contributed by atoms with Crippen molar-refractivity contribution in [3.8, 4) is 0 Å². The third-order valence-electron chi connectivity index (χ3n) is 2.39. The van der Waals surface area contributed by atoms with E-state index in [0.717, 1.165) is 5.56 Å². The van der Waals surface area contributed by atoms with Gasteiger partial charge in [-0.1, -0.05) is 42.5 Å². The summed E-state index contributed by atoms with van der Waals surface area (Å²) in [7, 11) is 0. The first-order valence-corrected chi connectivity index (χ1v) is 5.66. The maximum Gasteiger partial charge on any atom is 0.137 e. The lowest BCUT2D eigenvalue weighted by atomic mass is 10.0. The van der Waals surface area contributed by atoms with Crippen LogP contribution in [0, 0.1) is 5.82 Å². The van der Waals surface area contributed by atoms with Crippen LogP contribution in [0.4, 0.5) is 4.39 Å². The molecular weight excluding hydrogens is 271 g/mol. The summed E-state index contributed by atoms with van der Waals surface area (Å²) in [4.78, 5) is 0. The molecule has 0 saturated carbocycles. The van der Waals surface area contributed by atoms with E-state index in [2.05, 4.69) is 15.9 Å². The van der Waals surface area contributed by atoms with Crippen molar-refractivity contribution in [3.05, 3.63) is 69.9 Å². The van der Waals surface area contributed by atoms with Gasteiger partial charge in [0.25, 0.3) is 0 Å². The highest BCUT2D eigenvalue weighted by atomic mass is 79.9. The third kappa shape index (κ3) is 2.15. The molecule has 0 aliphatic heterocycles. The zero-order valence-corrected chi connectivity index (χ0v) is 9.99. The molecule has 1 unspecified atom stereocenters. The number of aliphatic hydroxyl groups is 1. The Morgan fingerprint density at radius 2 is 1.69 bits per heavy atom. The molecule has 0 radical (unpaired) electrons. The molecule has 1 N–H and O–H groups in total. The van der Waals surface area contributed by atoms with Crippen LogP contribution in [0.5, 0.6) is 0 Å². The molecule has 2 rings (SSSR count). The molecule has 0 heterocycles. The Morgan fingerprint density at radius 3 is 2.38 bits per heavy atom. The molecule has 1 nitrogen and oxygen atoms in total. The minimum Gasteiger partial charge on any atom is -0.384 e. The van der Waals surface area contributed by atoms with E-state index in [1.165, 1.54) is 6.07 Å². The topological polar surface area (TPSA) is 20.2 Å². The Morgan fingerprint density at radius 1 is 1.00 bits per heavy atom. The average molecular weight is 281 g/mol. The van der Waals surface area contributed by atoms with Gasteiger partial charge in [0.2, 0.25) is 0 Å². The Hall–Kier alpha value is -1.19. The highest BCUT2D eigenvalue weighted by Gasteiger charge is 2.15. The van der Waals surface area contributed by atoms with Crippen LogP contribution in [0.15, 0.2) is 53.0 Å². The summed E-state index contributed by atoms with van der Waals surface area (Å²) in [5, 5.41) is 10.1. The van der Waals surface area contributed by atoms with E-state index in [1.807, 2.05) is 30.3 Å². The molecule has 3 heteroatoms. The van der Waals surface area contributed by atoms with Crippen LogP contribution in [-0.4, -0.2) is 5.11 Å². The summed E-state index contributed by atoms with van der Waals surface area (Å²) in [5.41, 5.74) is 1.28. The van der Waals surface area contributed by atoms with Gasteiger partial charge in [0.1, 0.15) is 11.9 Å². The maximum atomic E-state index is 13.3. The third-order valence-corrected chi connectivity index (χ3v) is 3.23. The fourth-order valence-corrected chi connectivity index (χ4v) is 2.03. The van der Waals surface area contributed by atoms with E-state index >= 15 is 0 Å². The largest absolute Gasteiger partial charge is 0.384 e. The molecule has 82 valence electrons. The van der Waals surface area contributed by atoms with Crippen LogP contribution >= 0.6 is 15.9 Å². The molecule has 0 saturated heterocycles. The summed E-state index contributed by atoms with van der Waals surface area (Å²) < 4.78 is 13.6. The van der Waals surface area contributed by atoms with Crippen molar-refractivity contribution in [1.29, 1.82) is 0 Å². The van der Waals surface area contributed by atoms with E-state index in [-0.39, 0.29) is 5.82 Å². The molecule has 0 spiro atoms. The summed E-state index contributed by atoms with van der Waals surface area (Å²) in [5.74, 6) is -0.368. The van der Waals surface area contributed by atoms with E-state index in [0.29, 0.717) is 10.0 Å². The van der Waals surface area contributed by atoms with Crippen molar-refractivity contribution in [2.45, 2.75) is 6.10 Å². The van der Waals surface area contributed by atoms with Crippen LogP contribution in [0.2, 0.25) is 0 Å². The smallest absolute Gasteiger partial charge is 0.137 e. The van der Waals surface area contributed by atoms with Crippen molar-refractivity contribution in [2.75, 3.05) is 0 Å². The molecular formula is C13H10BrFO. The first kappa shape index (κ1) is 11.3. The first-order chi connectivity index (χ1) is 7.70. The zero-order valence-electron chi connectivity index (χ0n) is 8.40. The monoisotopic (exact) mass is 280 g/mol. The predicted octanol–water partition coefficient (Wildman–Crippen LogP) is 3.67. The first-order valence-electron chi connectivity index (χ1n) is 4.87.